The third kappa shape index (κ3) is 3.05. The quantitative estimate of drug-likeness (QED) is 0.869. The number of nitrogens with one attached hydrogen (secondary N) is 1. The minimum Gasteiger partial charge on any atom is -0.366 e. The molecular formula is C15H20N4O. The first-order chi connectivity index (χ1) is 9.49. The maximum absolute atomic E-state index is 11.0. The van der Waals surface area contributed by atoms with Crippen molar-refractivity contribution >= 4 is 5.91 Å². The van der Waals surface area contributed by atoms with Gasteiger partial charge in [0.25, 0.3) is 0 Å². The standard InChI is InChI=1S/C15H20N4O/c1-10(14-9-18-19(3)11(14)2)17-8-12-4-6-13(7-5-12)15(16)20/h4-7,9-10,17H,8H2,1-3H3,(H2,16,20). The number of primary amides is 1. The molecule has 5 heteroatoms. The van der Waals surface area contributed by atoms with E-state index >= 15 is 0 Å². The number of hydrogen-bond donors (Lipinski definition) is 2. The summed E-state index contributed by atoms with van der Waals surface area (Å²) < 4.78 is 1.87. The highest BCUT2D eigenvalue weighted by Crippen LogP contribution is 2.16. The zero-order chi connectivity index (χ0) is 14.7. The minimum absolute atomic E-state index is 0.222. The second-order valence-corrected chi connectivity index (χ2v) is 4.97. The van der Waals surface area contributed by atoms with Gasteiger partial charge >= 0.3 is 0 Å². The van der Waals surface area contributed by atoms with Gasteiger partial charge in [0.15, 0.2) is 0 Å². The van der Waals surface area contributed by atoms with Gasteiger partial charge < -0.3 is 11.1 Å². The number of aromatic nitrogens is 2. The van der Waals surface area contributed by atoms with Crippen LogP contribution >= 0.6 is 0 Å². The van der Waals surface area contributed by atoms with Crippen molar-refractivity contribution in [3.63, 3.8) is 0 Å². The Hall–Kier alpha value is -2.14. The Morgan fingerprint density at radius 3 is 2.55 bits per heavy atom. The Kier molecular flexibility index (Phi) is 4.20. The summed E-state index contributed by atoms with van der Waals surface area (Å²) in [5.74, 6) is -0.399. The van der Waals surface area contributed by atoms with Crippen LogP contribution in [0.4, 0.5) is 0 Å². The molecule has 1 amide bonds. The number of nitrogens with zero attached hydrogens (tertiary/aromatic N) is 2. The van der Waals surface area contributed by atoms with E-state index < -0.39 is 5.91 Å². The smallest absolute Gasteiger partial charge is 0.248 e. The molecule has 20 heavy (non-hydrogen) atoms. The van der Waals surface area contributed by atoms with Crippen LogP contribution in [-0.2, 0) is 13.6 Å². The predicted molar refractivity (Wildman–Crippen MR) is 78.2 cm³/mol. The molecule has 0 aliphatic heterocycles. The molecule has 0 radical (unpaired) electrons. The first kappa shape index (κ1) is 14.3. The van der Waals surface area contributed by atoms with E-state index in [0.29, 0.717) is 5.56 Å². The van der Waals surface area contributed by atoms with E-state index in [4.69, 9.17) is 5.73 Å². The van der Waals surface area contributed by atoms with E-state index in [-0.39, 0.29) is 6.04 Å². The molecule has 1 unspecified atom stereocenters. The van der Waals surface area contributed by atoms with Gasteiger partial charge in [0, 0.05) is 36.5 Å². The summed E-state index contributed by atoms with van der Waals surface area (Å²) >= 11 is 0. The number of nitrogens with two attached hydrogens (primary N) is 1. The van der Waals surface area contributed by atoms with Gasteiger partial charge in [-0.1, -0.05) is 12.1 Å². The van der Waals surface area contributed by atoms with Crippen LogP contribution in [0.1, 0.15) is 40.1 Å². The topological polar surface area (TPSA) is 72.9 Å². The second kappa shape index (κ2) is 5.88. The molecule has 5 nitrogen and oxygen atoms in total. The fourth-order valence-electron chi connectivity index (χ4n) is 2.11. The largest absolute Gasteiger partial charge is 0.366 e. The maximum atomic E-state index is 11.0. The lowest BCUT2D eigenvalue weighted by Crippen LogP contribution is -2.19. The Bertz CT molecular complexity index is 601. The molecule has 1 aromatic heterocycles. The lowest BCUT2D eigenvalue weighted by Gasteiger charge is -2.13. The van der Waals surface area contributed by atoms with E-state index in [1.807, 2.05) is 30.1 Å². The van der Waals surface area contributed by atoms with Gasteiger partial charge in [-0.15, -0.1) is 0 Å². The number of hydrogen-bond acceptors (Lipinski definition) is 3. The number of carbonyl (C=O) groups excluding carboxylic acids is 1. The molecule has 0 bridgehead atoms. The molecule has 106 valence electrons. The zero-order valence-corrected chi connectivity index (χ0v) is 12.1. The summed E-state index contributed by atoms with van der Waals surface area (Å²) in [7, 11) is 1.94. The Morgan fingerprint density at radius 1 is 1.40 bits per heavy atom. The number of carbonyl (C=O) groups is 1. The van der Waals surface area contributed by atoms with Gasteiger partial charge in [0.2, 0.25) is 5.91 Å². The van der Waals surface area contributed by atoms with Crippen molar-refractivity contribution in [2.24, 2.45) is 12.8 Å². The number of rotatable bonds is 5. The Balaban J connectivity index is 1.98. The zero-order valence-electron chi connectivity index (χ0n) is 12.1. The van der Waals surface area contributed by atoms with Crippen molar-refractivity contribution in [1.82, 2.24) is 15.1 Å². The van der Waals surface area contributed by atoms with Crippen LogP contribution in [-0.4, -0.2) is 15.7 Å². The normalized spacial score (nSPS) is 12.3. The Labute approximate surface area is 118 Å². The van der Waals surface area contributed by atoms with Crippen molar-refractivity contribution in [1.29, 1.82) is 0 Å². The molecule has 2 rings (SSSR count). The van der Waals surface area contributed by atoms with E-state index in [9.17, 15) is 4.79 Å². The van der Waals surface area contributed by atoms with Crippen LogP contribution in [0, 0.1) is 6.92 Å². The van der Waals surface area contributed by atoms with E-state index in [1.165, 1.54) is 5.56 Å². The molecule has 0 aliphatic rings. The second-order valence-electron chi connectivity index (χ2n) is 4.97. The molecular weight excluding hydrogens is 252 g/mol. The molecule has 1 heterocycles. The van der Waals surface area contributed by atoms with Crippen molar-refractivity contribution in [3.05, 3.63) is 52.8 Å². The summed E-state index contributed by atoms with van der Waals surface area (Å²) in [4.78, 5) is 11.0. The lowest BCUT2D eigenvalue weighted by molar-refractivity contribution is 0.100. The molecule has 0 aliphatic carbocycles. The molecule has 2 aromatic rings. The summed E-state index contributed by atoms with van der Waals surface area (Å²) in [6, 6.07) is 7.55. The number of aryl methyl sites for hydroxylation is 1. The highest BCUT2D eigenvalue weighted by atomic mass is 16.1. The van der Waals surface area contributed by atoms with E-state index in [0.717, 1.165) is 17.8 Å². The van der Waals surface area contributed by atoms with Crippen LogP contribution in [0.15, 0.2) is 30.5 Å². The average Bonchev–Trinajstić information content (AvgIpc) is 2.77. The molecule has 0 fully saturated rings. The lowest BCUT2D eigenvalue weighted by atomic mass is 10.1. The van der Waals surface area contributed by atoms with Crippen LogP contribution in [0.2, 0.25) is 0 Å². The minimum atomic E-state index is -0.399. The van der Waals surface area contributed by atoms with Crippen molar-refractivity contribution in [2.45, 2.75) is 26.4 Å². The maximum Gasteiger partial charge on any atom is 0.248 e. The number of benzene rings is 1. The SMILES string of the molecule is Cc1c(C(C)NCc2ccc(C(N)=O)cc2)cnn1C. The van der Waals surface area contributed by atoms with E-state index in [2.05, 4.69) is 24.3 Å². The van der Waals surface area contributed by atoms with E-state index in [1.54, 1.807) is 12.1 Å². The van der Waals surface area contributed by atoms with Gasteiger partial charge in [-0.05, 0) is 31.5 Å². The molecule has 0 saturated carbocycles. The predicted octanol–water partition coefficient (Wildman–Crippen LogP) is 1.68. The highest BCUT2D eigenvalue weighted by molar-refractivity contribution is 5.92. The first-order valence-corrected chi connectivity index (χ1v) is 6.59. The van der Waals surface area contributed by atoms with Crippen LogP contribution in [0.25, 0.3) is 0 Å². The molecule has 1 aromatic carbocycles. The monoisotopic (exact) mass is 272 g/mol. The molecule has 0 spiro atoms. The van der Waals surface area contributed by atoms with Crippen molar-refractivity contribution in [2.75, 3.05) is 0 Å². The fourth-order valence-corrected chi connectivity index (χ4v) is 2.11. The van der Waals surface area contributed by atoms with Crippen molar-refractivity contribution in [3.8, 4) is 0 Å². The van der Waals surface area contributed by atoms with Crippen LogP contribution in [0.3, 0.4) is 0 Å². The van der Waals surface area contributed by atoms with Gasteiger partial charge in [0.1, 0.15) is 0 Å². The summed E-state index contributed by atoms with van der Waals surface area (Å²) in [5, 5.41) is 7.70. The van der Waals surface area contributed by atoms with Crippen LogP contribution < -0.4 is 11.1 Å². The Morgan fingerprint density at radius 2 is 2.05 bits per heavy atom. The summed E-state index contributed by atoms with van der Waals surface area (Å²) in [5.41, 5.74) is 9.22. The van der Waals surface area contributed by atoms with Crippen molar-refractivity contribution < 1.29 is 4.79 Å². The summed E-state index contributed by atoms with van der Waals surface area (Å²) in [6.45, 7) is 4.90. The molecule has 1 atom stereocenters. The van der Waals surface area contributed by atoms with Crippen LogP contribution in [0.5, 0.6) is 0 Å². The van der Waals surface area contributed by atoms with Gasteiger partial charge in [-0.2, -0.15) is 5.10 Å². The van der Waals surface area contributed by atoms with Gasteiger partial charge in [-0.3, -0.25) is 9.48 Å². The first-order valence-electron chi connectivity index (χ1n) is 6.59. The highest BCUT2D eigenvalue weighted by Gasteiger charge is 2.11. The molecule has 0 saturated heterocycles. The van der Waals surface area contributed by atoms with Gasteiger partial charge in [0.05, 0.1) is 6.20 Å². The molecule has 3 N–H and O–H groups in total. The summed E-state index contributed by atoms with van der Waals surface area (Å²) in [6.07, 6.45) is 1.89. The fraction of sp³-hybridized carbons (Fsp3) is 0.333. The number of amides is 1. The third-order valence-electron chi connectivity index (χ3n) is 3.59. The average molecular weight is 272 g/mol. The van der Waals surface area contributed by atoms with Gasteiger partial charge in [-0.25, -0.2) is 0 Å². The third-order valence-corrected chi connectivity index (χ3v) is 3.59.